The van der Waals surface area contributed by atoms with Gasteiger partial charge < -0.3 is 29.1 Å². The number of halogens is 4. The van der Waals surface area contributed by atoms with E-state index in [1.165, 1.54) is 30.0 Å². The van der Waals surface area contributed by atoms with E-state index in [4.69, 9.17) is 42.1 Å². The third-order valence-corrected chi connectivity index (χ3v) is 15.1. The molecule has 4 aliphatic heterocycles. The molecule has 4 saturated heterocycles. The van der Waals surface area contributed by atoms with Crippen molar-refractivity contribution in [3.8, 4) is 17.2 Å². The first kappa shape index (κ1) is 48.5. The Bertz CT molecular complexity index is 2610. The lowest BCUT2D eigenvalue weighted by atomic mass is 9.83. The molecule has 1 amide bonds. The summed E-state index contributed by atoms with van der Waals surface area (Å²) in [5, 5.41) is 11.3. The van der Waals surface area contributed by atoms with Crippen LogP contribution in [-0.2, 0) is 27.3 Å². The molecule has 362 valence electrons. The summed E-state index contributed by atoms with van der Waals surface area (Å²) < 4.78 is 50.0. The summed E-state index contributed by atoms with van der Waals surface area (Å²) in [6.45, 7) is 0.590. The number of benzene rings is 3. The van der Waals surface area contributed by atoms with Crippen molar-refractivity contribution in [2.75, 3.05) is 45.1 Å². The molecule has 0 N–H and O–H groups in total. The fraction of sp³-hybridized carbons (Fsp3) is 0.392. The lowest BCUT2D eigenvalue weighted by molar-refractivity contribution is -0.605. The third-order valence-electron chi connectivity index (χ3n) is 13.2. The normalized spacial score (nSPS) is 22.5. The monoisotopic (exact) mass is 1000 g/mol. The average Bonchev–Trinajstić information content (AvgIpc) is 4.06. The molecule has 3 aromatic carbocycles. The van der Waals surface area contributed by atoms with Crippen LogP contribution in [-0.4, -0.2) is 101 Å². The molecule has 4 aromatic rings. The first-order chi connectivity index (χ1) is 33.4. The van der Waals surface area contributed by atoms with E-state index in [1.807, 2.05) is 24.3 Å². The second-order valence-electron chi connectivity index (χ2n) is 18.0. The Morgan fingerprint density at radius 1 is 0.928 bits per heavy atom. The molecule has 5 fully saturated rings. The van der Waals surface area contributed by atoms with Crippen LogP contribution < -0.4 is 18.9 Å². The first-order valence-electron chi connectivity index (χ1n) is 23.0. The fourth-order valence-electron chi connectivity index (χ4n) is 9.40. The second-order valence-corrected chi connectivity index (χ2v) is 20.0. The standard InChI is InChI=1S/C51H50Cl2F2N4O9S/c52-40-27-58(64)28-41(53)39(40)24-44(34-14-15-43(68-50(54)55)45(23-34)65-30-31-12-13-31)67-49(62)48-57(20-21-69-48)26-36-8-5-11-38(47(36)61)46(60)35-7-4-6-32(22-35)25-59(42-29-56-18-16-33(42)17-19-56)51(63)66-37-9-2-1-3-10-37/h1-11,14-15,22-23,27-28,31,33,38,42,44,48,50H,12-13,16-21,24-26,29-30H2/t38-,42-,44-,48-/m0/s1. The SMILES string of the molecule is O=C1C(CN2CCS[C@H]2C(=O)O[C@@H](Cc2c(Cl)c[n+]([O-])cc2Cl)c2ccc(OC(F)F)c(OCC3CC3)c2)=CC=C[C@H]1C(=O)c1cccc(CN(C(=O)Oc2ccccc2)[C@H]2CN3CCC2CC3)c1. The Balaban J connectivity index is 0.893. The molecule has 0 unspecified atom stereocenters. The van der Waals surface area contributed by atoms with E-state index in [2.05, 4.69) is 4.90 Å². The van der Waals surface area contributed by atoms with Crippen LogP contribution in [0.3, 0.4) is 0 Å². The molecular formula is C51H50Cl2F2N4O9S. The molecule has 4 atom stereocenters. The van der Waals surface area contributed by atoms with Gasteiger partial charge in [0.15, 0.2) is 40.8 Å². The van der Waals surface area contributed by atoms with Gasteiger partial charge in [-0.15, -0.1) is 11.8 Å². The van der Waals surface area contributed by atoms with E-state index in [9.17, 15) is 33.2 Å². The minimum absolute atomic E-state index is 0.0277. The minimum atomic E-state index is -3.11. The van der Waals surface area contributed by atoms with Crippen LogP contribution in [0.15, 0.2) is 109 Å². The summed E-state index contributed by atoms with van der Waals surface area (Å²) in [7, 11) is 0. The molecule has 2 aliphatic carbocycles. The number of alkyl halides is 2. The van der Waals surface area contributed by atoms with Crippen molar-refractivity contribution in [2.24, 2.45) is 17.8 Å². The first-order valence-corrected chi connectivity index (χ1v) is 24.8. The summed E-state index contributed by atoms with van der Waals surface area (Å²) in [6, 6.07) is 20.2. The molecule has 0 spiro atoms. The van der Waals surface area contributed by atoms with Crippen LogP contribution in [0.5, 0.6) is 17.2 Å². The van der Waals surface area contributed by atoms with E-state index in [-0.39, 0.29) is 59.6 Å². The molecule has 10 rings (SSSR count). The van der Waals surface area contributed by atoms with Crippen molar-refractivity contribution in [1.82, 2.24) is 14.7 Å². The number of hydrogen-bond acceptors (Lipinski definition) is 12. The smallest absolute Gasteiger partial charge is 0.415 e. The maximum absolute atomic E-state index is 14.3. The Kier molecular flexibility index (Phi) is 15.2. The number of amides is 1. The van der Waals surface area contributed by atoms with Crippen molar-refractivity contribution in [3.05, 3.63) is 146 Å². The number of nitrogens with zero attached hydrogens (tertiary/aromatic N) is 4. The number of aromatic nitrogens is 1. The number of pyridine rings is 1. The molecule has 2 bridgehead atoms. The molecule has 18 heteroatoms. The number of ketones is 2. The van der Waals surface area contributed by atoms with Gasteiger partial charge >= 0.3 is 18.7 Å². The van der Waals surface area contributed by atoms with Gasteiger partial charge in [-0.05, 0) is 92.1 Å². The van der Waals surface area contributed by atoms with Crippen LogP contribution in [0, 0.1) is 23.0 Å². The van der Waals surface area contributed by atoms with Crippen LogP contribution >= 0.6 is 35.0 Å². The number of carbonyl (C=O) groups excluding carboxylic acids is 4. The molecule has 6 aliphatic rings. The van der Waals surface area contributed by atoms with E-state index >= 15 is 0 Å². The molecule has 1 aromatic heterocycles. The van der Waals surface area contributed by atoms with Crippen molar-refractivity contribution >= 4 is 58.6 Å². The van der Waals surface area contributed by atoms with Gasteiger partial charge in [0, 0.05) is 55.1 Å². The van der Waals surface area contributed by atoms with Gasteiger partial charge in [0.1, 0.15) is 27.8 Å². The lowest BCUT2D eigenvalue weighted by Gasteiger charge is -2.48. The molecule has 0 radical (unpaired) electrons. The zero-order valence-electron chi connectivity index (χ0n) is 37.4. The van der Waals surface area contributed by atoms with Crippen LogP contribution in [0.4, 0.5) is 13.6 Å². The average molecular weight is 1000 g/mol. The van der Waals surface area contributed by atoms with E-state index < -0.39 is 47.6 Å². The number of para-hydroxylation sites is 1. The van der Waals surface area contributed by atoms with Crippen molar-refractivity contribution in [3.63, 3.8) is 0 Å². The second kappa shape index (κ2) is 21.6. The molecule has 1 saturated carbocycles. The van der Waals surface area contributed by atoms with Gasteiger partial charge in [-0.25, -0.2) is 9.59 Å². The summed E-state index contributed by atoms with van der Waals surface area (Å²) >= 11 is 14.3. The molecular weight excluding hydrogens is 954 g/mol. The topological polar surface area (TPSA) is 142 Å². The Morgan fingerprint density at radius 3 is 2.41 bits per heavy atom. The van der Waals surface area contributed by atoms with Gasteiger partial charge in [-0.1, -0.05) is 83.9 Å². The van der Waals surface area contributed by atoms with E-state index in [0.29, 0.717) is 51.0 Å². The van der Waals surface area contributed by atoms with E-state index in [0.717, 1.165) is 63.3 Å². The Hall–Kier alpha value is -5.52. The Labute approximate surface area is 412 Å². The number of esters is 1. The van der Waals surface area contributed by atoms with Gasteiger partial charge in [0.25, 0.3) is 0 Å². The van der Waals surface area contributed by atoms with Crippen molar-refractivity contribution in [2.45, 2.75) is 62.8 Å². The van der Waals surface area contributed by atoms with Gasteiger partial charge in [0.2, 0.25) is 0 Å². The zero-order valence-corrected chi connectivity index (χ0v) is 39.8. The lowest BCUT2D eigenvalue weighted by Crippen LogP contribution is -2.58. The van der Waals surface area contributed by atoms with E-state index in [1.54, 1.807) is 58.4 Å². The fourth-order valence-corrected chi connectivity index (χ4v) is 11.1. The molecule has 13 nitrogen and oxygen atoms in total. The van der Waals surface area contributed by atoms with Crippen LogP contribution in [0.25, 0.3) is 0 Å². The van der Waals surface area contributed by atoms with Gasteiger partial charge in [-0.2, -0.15) is 13.5 Å². The van der Waals surface area contributed by atoms with Crippen LogP contribution in [0.2, 0.25) is 10.0 Å². The minimum Gasteiger partial charge on any atom is -0.619 e. The van der Waals surface area contributed by atoms with Gasteiger partial charge in [-0.3, -0.25) is 19.4 Å². The zero-order chi connectivity index (χ0) is 48.2. The number of piperidine rings is 3. The highest BCUT2D eigenvalue weighted by atomic mass is 35.5. The summed E-state index contributed by atoms with van der Waals surface area (Å²) in [5.74, 6) is -1.11. The molecule has 69 heavy (non-hydrogen) atoms. The maximum Gasteiger partial charge on any atom is 0.415 e. The number of rotatable bonds is 18. The maximum atomic E-state index is 14.3. The number of hydrogen-bond donors (Lipinski definition) is 0. The van der Waals surface area contributed by atoms with Crippen molar-refractivity contribution < 1.29 is 51.6 Å². The summed E-state index contributed by atoms with van der Waals surface area (Å²) in [6.07, 6.45) is 9.37. The number of allylic oxidation sites excluding steroid dienone is 3. The predicted molar refractivity (Wildman–Crippen MR) is 255 cm³/mol. The van der Waals surface area contributed by atoms with Gasteiger partial charge in [0.05, 0.1) is 12.6 Å². The number of carbonyl (C=O) groups is 4. The number of fused-ring (bicyclic) bond motifs is 3. The Morgan fingerprint density at radius 2 is 1.70 bits per heavy atom. The summed E-state index contributed by atoms with van der Waals surface area (Å²) in [5.41, 5.74) is 2.07. The highest BCUT2D eigenvalue weighted by Crippen LogP contribution is 2.39. The number of thioether (sulfide) groups is 1. The third kappa shape index (κ3) is 11.7. The predicted octanol–water partition coefficient (Wildman–Crippen LogP) is 8.88. The number of ether oxygens (including phenoxy) is 4. The molecule has 5 heterocycles. The quantitative estimate of drug-likeness (QED) is 0.0309. The number of Topliss-reactive ketones (excluding diaryl/α,β-unsaturated/α-hetero) is 2. The van der Waals surface area contributed by atoms with Crippen molar-refractivity contribution in [1.29, 1.82) is 0 Å². The summed E-state index contributed by atoms with van der Waals surface area (Å²) in [4.78, 5) is 62.5. The largest absolute Gasteiger partial charge is 0.619 e. The highest BCUT2D eigenvalue weighted by Gasteiger charge is 2.41. The highest BCUT2D eigenvalue weighted by molar-refractivity contribution is 8.00. The van der Waals surface area contributed by atoms with Crippen LogP contribution in [0.1, 0.15) is 58.8 Å².